The Balaban J connectivity index is 1.42. The van der Waals surface area contributed by atoms with Crippen LogP contribution in [-0.4, -0.2) is 227 Å². The van der Waals surface area contributed by atoms with Crippen molar-refractivity contribution in [3.63, 3.8) is 0 Å². The Kier molecular flexibility index (Phi) is 13.9. The molecule has 5 aliphatic rings. The van der Waals surface area contributed by atoms with Crippen molar-refractivity contribution in [2.75, 3.05) is 6.61 Å². The fourth-order valence-corrected chi connectivity index (χ4v) is 6.79. The number of hydrogen-bond acceptors (Lipinski definition) is 22. The molecule has 0 aromatic heterocycles. The summed E-state index contributed by atoms with van der Waals surface area (Å²) in [5.41, 5.74) is 0. The number of aliphatic hydroxyl groups excluding tert-OH is 13. The molecule has 5 fully saturated rings. The third-order valence-electron chi connectivity index (χ3n) is 10.2. The quantitative estimate of drug-likeness (QED) is 0.104. The Labute approximate surface area is 297 Å². The minimum atomic E-state index is -1.93. The molecule has 22 heteroatoms. The summed E-state index contributed by atoms with van der Waals surface area (Å²) in [5.74, 6) is 0. The fourth-order valence-electron chi connectivity index (χ4n) is 6.79. The zero-order valence-electron chi connectivity index (χ0n) is 28.6. The van der Waals surface area contributed by atoms with Crippen LogP contribution in [0.25, 0.3) is 0 Å². The van der Waals surface area contributed by atoms with Gasteiger partial charge in [0.25, 0.3) is 0 Å². The smallest absolute Gasteiger partial charge is 0.187 e. The maximum absolute atomic E-state index is 11.8. The molecule has 22 nitrogen and oxygen atoms in total. The van der Waals surface area contributed by atoms with Crippen molar-refractivity contribution in [2.45, 2.75) is 181 Å². The van der Waals surface area contributed by atoms with E-state index in [0.29, 0.717) is 0 Å². The number of aliphatic hydroxyl groups is 13. The standard InChI is InChI=1S/C30H52O22/c1-6-11(32)15(36)18(39)27(44-6)51-24-17(38)13(34)8(3)46-29(24)49-22-9(4)47-30(50-23-14(35)10(5-31)48-26(43)21(23)42)25(20(22)41)52-28-19(40)16(37)12(33)7(2)45-28/h6-43H,5H2,1-4H3/t6-,7-,8-,9-,10-,11+,12-,13+,14-,15+,16+,17+,18-,19-,20+,21-,22-,23+,24-,25-,26?,27+,28+,29+,30+/m1/s1. The van der Waals surface area contributed by atoms with Crippen molar-refractivity contribution in [1.82, 2.24) is 0 Å². The molecule has 1 unspecified atom stereocenters. The largest absolute Gasteiger partial charge is 0.394 e. The van der Waals surface area contributed by atoms with Gasteiger partial charge in [0.15, 0.2) is 31.5 Å². The van der Waals surface area contributed by atoms with E-state index < -0.39 is 160 Å². The van der Waals surface area contributed by atoms with Gasteiger partial charge < -0.3 is 109 Å². The number of hydrogen-bond donors (Lipinski definition) is 13. The number of rotatable bonds is 9. The molecular weight excluding hydrogens is 712 g/mol. The van der Waals surface area contributed by atoms with Gasteiger partial charge in [-0.25, -0.2) is 0 Å². The van der Waals surface area contributed by atoms with Crippen molar-refractivity contribution < 1.29 is 109 Å². The van der Waals surface area contributed by atoms with Crippen LogP contribution in [0.2, 0.25) is 0 Å². The first-order valence-corrected chi connectivity index (χ1v) is 17.0. The third kappa shape index (κ3) is 8.29. The first kappa shape index (κ1) is 42.3. The predicted molar refractivity (Wildman–Crippen MR) is 161 cm³/mol. The second-order valence-electron chi connectivity index (χ2n) is 13.9. The molecule has 5 heterocycles. The highest BCUT2D eigenvalue weighted by atomic mass is 16.8. The molecule has 0 saturated carbocycles. The summed E-state index contributed by atoms with van der Waals surface area (Å²) in [5, 5.41) is 137. The van der Waals surface area contributed by atoms with Crippen LogP contribution in [0.1, 0.15) is 27.7 Å². The molecule has 25 atom stereocenters. The van der Waals surface area contributed by atoms with Crippen LogP contribution in [0.3, 0.4) is 0 Å². The van der Waals surface area contributed by atoms with Crippen LogP contribution in [0.4, 0.5) is 0 Å². The highest BCUT2D eigenvalue weighted by Gasteiger charge is 2.56. The van der Waals surface area contributed by atoms with E-state index in [1.54, 1.807) is 0 Å². The van der Waals surface area contributed by atoms with E-state index in [-0.39, 0.29) is 0 Å². The minimum absolute atomic E-state index is 0.795. The maximum Gasteiger partial charge on any atom is 0.187 e. The molecule has 5 aliphatic heterocycles. The lowest BCUT2D eigenvalue weighted by atomic mass is 9.95. The first-order valence-electron chi connectivity index (χ1n) is 17.0. The summed E-state index contributed by atoms with van der Waals surface area (Å²) in [7, 11) is 0. The van der Waals surface area contributed by atoms with Gasteiger partial charge in [-0.05, 0) is 27.7 Å². The van der Waals surface area contributed by atoms with Gasteiger partial charge in [0.1, 0.15) is 97.7 Å². The first-order chi connectivity index (χ1) is 24.4. The topological polar surface area (TPSA) is 346 Å². The van der Waals surface area contributed by atoms with E-state index in [1.807, 2.05) is 0 Å². The summed E-state index contributed by atoms with van der Waals surface area (Å²) in [6, 6.07) is 0. The zero-order chi connectivity index (χ0) is 38.5. The van der Waals surface area contributed by atoms with Crippen LogP contribution < -0.4 is 0 Å². The lowest BCUT2D eigenvalue weighted by Crippen LogP contribution is -2.68. The van der Waals surface area contributed by atoms with E-state index >= 15 is 0 Å². The summed E-state index contributed by atoms with van der Waals surface area (Å²) < 4.78 is 51.3. The second-order valence-corrected chi connectivity index (χ2v) is 13.9. The summed E-state index contributed by atoms with van der Waals surface area (Å²) in [6.45, 7) is 4.74. The molecule has 304 valence electrons. The molecule has 0 aromatic rings. The highest BCUT2D eigenvalue weighted by molar-refractivity contribution is 4.98. The summed E-state index contributed by atoms with van der Waals surface area (Å²) >= 11 is 0. The Morgan fingerprint density at radius 1 is 0.346 bits per heavy atom. The molecule has 13 N–H and O–H groups in total. The van der Waals surface area contributed by atoms with Crippen molar-refractivity contribution in [2.24, 2.45) is 0 Å². The molecule has 0 aliphatic carbocycles. The average molecular weight is 765 g/mol. The Morgan fingerprint density at radius 3 is 1.21 bits per heavy atom. The average Bonchev–Trinajstić information content (AvgIpc) is 3.10. The Bertz CT molecular complexity index is 1140. The Morgan fingerprint density at radius 2 is 0.731 bits per heavy atom. The Hall–Kier alpha value is -0.880. The maximum atomic E-state index is 11.8. The third-order valence-corrected chi connectivity index (χ3v) is 10.2. The minimum Gasteiger partial charge on any atom is -0.394 e. The molecule has 5 rings (SSSR count). The fraction of sp³-hybridized carbons (Fsp3) is 1.00. The molecule has 0 spiro atoms. The highest BCUT2D eigenvalue weighted by Crippen LogP contribution is 2.36. The van der Waals surface area contributed by atoms with Crippen molar-refractivity contribution in [3.8, 4) is 0 Å². The van der Waals surface area contributed by atoms with Crippen LogP contribution in [0, 0.1) is 0 Å². The SMILES string of the molecule is C[C@H]1O[C@@H](O[C@H]2[C@H](O[C@H]3[C@H](O)[C@@H](O[C@@H]4O[C@H](C)[C@@H](O)[C@H](O)[C@H]4O)[C@H](O[C@H]4[C@H](O)[C@@H](CO)OC(O)[C@@H]4O)O[C@@H]3C)O[C@H](C)[C@H](O)[C@@H]2O)[C@H](O)[C@@H](O)[C@H]1O. The molecule has 0 radical (unpaired) electrons. The molecule has 5 saturated heterocycles. The molecule has 0 aromatic carbocycles. The van der Waals surface area contributed by atoms with Gasteiger partial charge in [-0.1, -0.05) is 0 Å². The second kappa shape index (κ2) is 17.1. The molecule has 0 amide bonds. The van der Waals surface area contributed by atoms with E-state index in [0.717, 1.165) is 0 Å². The lowest BCUT2D eigenvalue weighted by molar-refractivity contribution is -0.404. The molecular formula is C30H52O22. The summed E-state index contributed by atoms with van der Waals surface area (Å²) in [6.07, 6.45) is -40.6. The van der Waals surface area contributed by atoms with Crippen molar-refractivity contribution in [3.05, 3.63) is 0 Å². The van der Waals surface area contributed by atoms with Gasteiger partial charge in [0.05, 0.1) is 31.0 Å². The monoisotopic (exact) mass is 764 g/mol. The number of ether oxygens (including phenoxy) is 9. The molecule has 0 bridgehead atoms. The van der Waals surface area contributed by atoms with Crippen LogP contribution in [0.5, 0.6) is 0 Å². The van der Waals surface area contributed by atoms with Crippen LogP contribution in [0.15, 0.2) is 0 Å². The normalized spacial score (nSPS) is 56.4. The summed E-state index contributed by atoms with van der Waals surface area (Å²) in [4.78, 5) is 0. The van der Waals surface area contributed by atoms with Gasteiger partial charge in [-0.15, -0.1) is 0 Å². The van der Waals surface area contributed by atoms with Gasteiger partial charge in [-0.3, -0.25) is 0 Å². The van der Waals surface area contributed by atoms with Gasteiger partial charge in [-0.2, -0.15) is 0 Å². The van der Waals surface area contributed by atoms with E-state index in [1.165, 1.54) is 27.7 Å². The van der Waals surface area contributed by atoms with Crippen LogP contribution in [-0.2, 0) is 42.6 Å². The molecule has 52 heavy (non-hydrogen) atoms. The van der Waals surface area contributed by atoms with Gasteiger partial charge >= 0.3 is 0 Å². The van der Waals surface area contributed by atoms with Gasteiger partial charge in [0, 0.05) is 0 Å². The zero-order valence-corrected chi connectivity index (χ0v) is 28.6. The van der Waals surface area contributed by atoms with E-state index in [4.69, 9.17) is 42.6 Å². The predicted octanol–water partition coefficient (Wildman–Crippen LogP) is -7.81. The van der Waals surface area contributed by atoms with Crippen molar-refractivity contribution >= 4 is 0 Å². The van der Waals surface area contributed by atoms with E-state index in [9.17, 15) is 66.4 Å². The van der Waals surface area contributed by atoms with E-state index in [2.05, 4.69) is 0 Å². The van der Waals surface area contributed by atoms with Gasteiger partial charge in [0.2, 0.25) is 0 Å². The lowest BCUT2D eigenvalue weighted by Gasteiger charge is -2.50. The van der Waals surface area contributed by atoms with Crippen LogP contribution >= 0.6 is 0 Å². The van der Waals surface area contributed by atoms with Crippen molar-refractivity contribution in [1.29, 1.82) is 0 Å².